The lowest BCUT2D eigenvalue weighted by atomic mass is 10.0. The maximum atomic E-state index is 12.9. The van der Waals surface area contributed by atoms with Gasteiger partial charge in [0.25, 0.3) is 0 Å². The van der Waals surface area contributed by atoms with Crippen molar-refractivity contribution in [1.82, 2.24) is 10.3 Å². The predicted molar refractivity (Wildman–Crippen MR) is 157 cm³/mol. The molecular weight excluding hydrogens is 577 g/mol. The number of aliphatic carboxylic acids is 1. The Labute approximate surface area is 252 Å². The third-order valence-electron chi connectivity index (χ3n) is 6.73. The van der Waals surface area contributed by atoms with E-state index in [1.54, 1.807) is 63.2 Å². The quantitative estimate of drug-likeness (QED) is 0.170. The SMILES string of the molecule is Cc1oc(-c2ccc(-c3ccc(C(F)(F)F)cc3)cc2)nc1CCOc1ccc(CCC(=O)O)c(CNC(=O)OC(C)C)c1. The second-order valence-corrected chi connectivity index (χ2v) is 10.4. The van der Waals surface area contributed by atoms with Gasteiger partial charge in [0.15, 0.2) is 0 Å². The molecule has 232 valence electrons. The van der Waals surface area contributed by atoms with Crippen LogP contribution in [0.2, 0.25) is 0 Å². The Morgan fingerprint density at radius 1 is 0.932 bits per heavy atom. The Kier molecular flexibility index (Phi) is 10.3. The summed E-state index contributed by atoms with van der Waals surface area (Å²) >= 11 is 0. The zero-order chi connectivity index (χ0) is 31.9. The molecule has 0 bridgehead atoms. The number of hydrogen-bond acceptors (Lipinski definition) is 6. The molecule has 0 radical (unpaired) electrons. The van der Waals surface area contributed by atoms with E-state index in [1.807, 2.05) is 0 Å². The third-order valence-corrected chi connectivity index (χ3v) is 6.73. The summed E-state index contributed by atoms with van der Waals surface area (Å²) in [4.78, 5) is 27.7. The van der Waals surface area contributed by atoms with Crippen LogP contribution in [0.4, 0.5) is 18.0 Å². The number of carboxylic acid groups (broad SMARTS) is 1. The minimum atomic E-state index is -4.38. The number of nitrogens with one attached hydrogen (secondary N) is 1. The number of amides is 1. The number of alkyl carbamates (subject to hydrolysis) is 1. The van der Waals surface area contributed by atoms with Gasteiger partial charge in [0.2, 0.25) is 5.89 Å². The molecule has 3 aromatic carbocycles. The molecule has 8 nitrogen and oxygen atoms in total. The fraction of sp³-hybridized carbons (Fsp3) is 0.303. The van der Waals surface area contributed by atoms with Crippen LogP contribution in [-0.4, -0.2) is 34.9 Å². The van der Waals surface area contributed by atoms with Crippen LogP contribution in [0.15, 0.2) is 71.1 Å². The number of aromatic nitrogens is 1. The maximum absolute atomic E-state index is 12.9. The predicted octanol–water partition coefficient (Wildman–Crippen LogP) is 7.61. The highest BCUT2D eigenvalue weighted by atomic mass is 19.4. The molecule has 0 unspecified atom stereocenters. The molecule has 0 aliphatic heterocycles. The van der Waals surface area contributed by atoms with Crippen LogP contribution in [0.3, 0.4) is 0 Å². The first-order chi connectivity index (χ1) is 20.9. The van der Waals surface area contributed by atoms with Crippen molar-refractivity contribution >= 4 is 12.1 Å². The van der Waals surface area contributed by atoms with Gasteiger partial charge < -0.3 is 24.3 Å². The Balaban J connectivity index is 1.38. The number of carboxylic acids is 1. The number of alkyl halides is 3. The molecule has 0 spiro atoms. The number of aryl methyl sites for hydroxylation is 2. The molecule has 1 heterocycles. The summed E-state index contributed by atoms with van der Waals surface area (Å²) in [6.07, 6.45) is -4.51. The van der Waals surface area contributed by atoms with Gasteiger partial charge in [0.1, 0.15) is 11.5 Å². The molecule has 0 saturated carbocycles. The standard InChI is InChI=1S/C33H33F3N2O6/c1-20(2)43-32(41)37-19-26-18-28(14-10-24(26)11-15-30(39)40)42-17-16-29-21(3)44-31(38-29)25-6-4-22(5-7-25)23-8-12-27(13-9-23)33(34,35)36/h4-10,12-14,18,20H,11,15-17,19H2,1-3H3,(H,37,41)(H,39,40). The van der Waals surface area contributed by atoms with Crippen molar-refractivity contribution in [2.24, 2.45) is 0 Å². The lowest BCUT2D eigenvalue weighted by Gasteiger charge is -2.14. The number of carbonyl (C=O) groups excluding carboxylic acids is 1. The molecule has 0 aliphatic rings. The molecule has 11 heteroatoms. The Hall–Kier alpha value is -4.80. The first-order valence-electron chi connectivity index (χ1n) is 14.0. The highest BCUT2D eigenvalue weighted by Gasteiger charge is 2.30. The van der Waals surface area contributed by atoms with E-state index in [-0.39, 0.29) is 25.7 Å². The number of nitrogens with zero attached hydrogens (tertiary/aromatic N) is 1. The van der Waals surface area contributed by atoms with Crippen LogP contribution in [0, 0.1) is 6.92 Å². The highest BCUT2D eigenvalue weighted by molar-refractivity contribution is 5.69. The van der Waals surface area contributed by atoms with E-state index in [0.717, 1.165) is 34.4 Å². The zero-order valence-corrected chi connectivity index (χ0v) is 24.5. The summed E-state index contributed by atoms with van der Waals surface area (Å²) in [5, 5.41) is 11.8. The lowest BCUT2D eigenvalue weighted by molar-refractivity contribution is -0.138. The van der Waals surface area contributed by atoms with Crippen molar-refractivity contribution in [1.29, 1.82) is 0 Å². The average molecular weight is 611 g/mol. The van der Waals surface area contributed by atoms with Crippen LogP contribution < -0.4 is 10.1 Å². The molecule has 0 fully saturated rings. The molecule has 0 aliphatic carbocycles. The molecule has 44 heavy (non-hydrogen) atoms. The van der Waals surface area contributed by atoms with Crippen molar-refractivity contribution in [3.05, 3.63) is 94.9 Å². The van der Waals surface area contributed by atoms with Crippen molar-refractivity contribution in [3.8, 4) is 28.3 Å². The number of oxazole rings is 1. The number of benzene rings is 3. The summed E-state index contributed by atoms with van der Waals surface area (Å²) in [7, 11) is 0. The number of carbonyl (C=O) groups is 2. The van der Waals surface area contributed by atoms with Gasteiger partial charge in [-0.15, -0.1) is 0 Å². The van der Waals surface area contributed by atoms with E-state index >= 15 is 0 Å². The van der Waals surface area contributed by atoms with Gasteiger partial charge in [-0.1, -0.05) is 30.3 Å². The molecule has 2 N–H and O–H groups in total. The zero-order valence-electron chi connectivity index (χ0n) is 24.5. The molecule has 1 aromatic heterocycles. The molecule has 0 atom stereocenters. The fourth-order valence-corrected chi connectivity index (χ4v) is 4.47. The number of halogens is 3. The average Bonchev–Trinajstić information content (AvgIpc) is 3.35. The number of rotatable bonds is 12. The van der Waals surface area contributed by atoms with Crippen LogP contribution in [0.25, 0.3) is 22.6 Å². The lowest BCUT2D eigenvalue weighted by Crippen LogP contribution is -2.26. The van der Waals surface area contributed by atoms with Gasteiger partial charge >= 0.3 is 18.2 Å². The first-order valence-corrected chi connectivity index (χ1v) is 14.0. The van der Waals surface area contributed by atoms with E-state index in [4.69, 9.17) is 19.0 Å². The van der Waals surface area contributed by atoms with E-state index in [2.05, 4.69) is 10.3 Å². The van der Waals surface area contributed by atoms with Gasteiger partial charge in [0.05, 0.1) is 24.0 Å². The largest absolute Gasteiger partial charge is 0.493 e. The fourth-order valence-electron chi connectivity index (χ4n) is 4.47. The monoisotopic (exact) mass is 610 g/mol. The van der Waals surface area contributed by atoms with Crippen molar-refractivity contribution in [2.45, 2.75) is 58.9 Å². The first kappa shape index (κ1) is 32.1. The molecule has 4 aromatic rings. The summed E-state index contributed by atoms with van der Waals surface area (Å²) in [6, 6.07) is 17.5. The molecule has 1 amide bonds. The maximum Gasteiger partial charge on any atom is 0.416 e. The smallest absolute Gasteiger partial charge is 0.416 e. The summed E-state index contributed by atoms with van der Waals surface area (Å²) in [5.41, 5.74) is 3.67. The Morgan fingerprint density at radius 2 is 1.57 bits per heavy atom. The van der Waals surface area contributed by atoms with Gasteiger partial charge in [-0.2, -0.15) is 13.2 Å². The van der Waals surface area contributed by atoms with Gasteiger partial charge in [-0.05, 0) is 85.8 Å². The molecular formula is C33H33F3N2O6. The van der Waals surface area contributed by atoms with Crippen molar-refractivity contribution in [2.75, 3.05) is 6.61 Å². The third kappa shape index (κ3) is 8.85. The van der Waals surface area contributed by atoms with Crippen molar-refractivity contribution < 1.29 is 41.8 Å². The minimum Gasteiger partial charge on any atom is -0.493 e. The van der Waals surface area contributed by atoms with E-state index in [0.29, 0.717) is 41.5 Å². The summed E-state index contributed by atoms with van der Waals surface area (Å²) in [6.45, 7) is 5.74. The molecule has 4 rings (SSSR count). The van der Waals surface area contributed by atoms with Crippen LogP contribution >= 0.6 is 0 Å². The number of hydrogen-bond donors (Lipinski definition) is 2. The van der Waals surface area contributed by atoms with Crippen molar-refractivity contribution in [3.63, 3.8) is 0 Å². The minimum absolute atomic E-state index is 0.0464. The molecule has 0 saturated heterocycles. The van der Waals surface area contributed by atoms with Gasteiger partial charge in [-0.3, -0.25) is 4.79 Å². The van der Waals surface area contributed by atoms with Crippen LogP contribution in [-0.2, 0) is 35.1 Å². The Bertz CT molecular complexity index is 1580. The van der Waals surface area contributed by atoms with Crippen LogP contribution in [0.1, 0.15) is 48.4 Å². The normalized spacial score (nSPS) is 11.4. The Morgan fingerprint density at radius 3 is 2.18 bits per heavy atom. The van der Waals surface area contributed by atoms with E-state index in [1.165, 1.54) is 12.1 Å². The second kappa shape index (κ2) is 14.1. The van der Waals surface area contributed by atoms with E-state index in [9.17, 15) is 22.8 Å². The van der Waals surface area contributed by atoms with Gasteiger partial charge in [-0.25, -0.2) is 9.78 Å². The van der Waals surface area contributed by atoms with Crippen LogP contribution in [0.5, 0.6) is 5.75 Å². The number of ether oxygens (including phenoxy) is 2. The summed E-state index contributed by atoms with van der Waals surface area (Å²) in [5.74, 6) is 0.688. The highest BCUT2D eigenvalue weighted by Crippen LogP contribution is 2.32. The van der Waals surface area contributed by atoms with Gasteiger partial charge in [0, 0.05) is 24.9 Å². The topological polar surface area (TPSA) is 111 Å². The summed E-state index contributed by atoms with van der Waals surface area (Å²) < 4.78 is 55.5. The van der Waals surface area contributed by atoms with E-state index < -0.39 is 23.8 Å². The second-order valence-electron chi connectivity index (χ2n) is 10.4.